The van der Waals surface area contributed by atoms with Gasteiger partial charge in [-0.1, -0.05) is 0 Å². The highest BCUT2D eigenvalue weighted by molar-refractivity contribution is 14.1. The maximum absolute atomic E-state index is 12.4. The molecule has 14 heavy (non-hydrogen) atoms. The van der Waals surface area contributed by atoms with Gasteiger partial charge in [0.15, 0.2) is 12.0 Å². The largest absolute Gasteiger partial charge is 0.494 e. The lowest BCUT2D eigenvalue weighted by Crippen LogP contribution is -2.01. The molecule has 0 saturated carbocycles. The van der Waals surface area contributed by atoms with Gasteiger partial charge >= 0.3 is 0 Å². The van der Waals surface area contributed by atoms with Crippen LogP contribution in [-0.4, -0.2) is 18.4 Å². The Morgan fingerprint density at radius 2 is 2.29 bits per heavy atom. The van der Waals surface area contributed by atoms with Gasteiger partial charge in [0, 0.05) is 5.56 Å². The van der Waals surface area contributed by atoms with Crippen LogP contribution in [0.4, 0.5) is 8.78 Å². The first-order valence-electron chi connectivity index (χ1n) is 3.58. The van der Waals surface area contributed by atoms with Gasteiger partial charge in [0.2, 0.25) is 0 Å². The summed E-state index contributed by atoms with van der Waals surface area (Å²) in [5.74, 6) is 0.317. The average molecular weight is 313 g/mol. The van der Waals surface area contributed by atoms with Crippen molar-refractivity contribution in [1.82, 2.24) is 4.98 Å². The Hall–Kier alpha value is -0.790. The summed E-state index contributed by atoms with van der Waals surface area (Å²) in [6, 6.07) is 1.25. The highest BCUT2D eigenvalue weighted by Gasteiger charge is 2.17. The van der Waals surface area contributed by atoms with Crippen molar-refractivity contribution in [2.75, 3.05) is 7.11 Å². The Bertz CT molecular complexity index is 357. The van der Waals surface area contributed by atoms with Crippen LogP contribution in [0.15, 0.2) is 6.07 Å². The number of rotatable bonds is 3. The minimum absolute atomic E-state index is 0.141. The lowest BCUT2D eigenvalue weighted by atomic mass is 10.2. The lowest BCUT2D eigenvalue weighted by molar-refractivity contribution is 0.110. The van der Waals surface area contributed by atoms with E-state index in [2.05, 4.69) is 4.98 Å². The Labute approximate surface area is 92.6 Å². The fourth-order valence-corrected chi connectivity index (χ4v) is 1.55. The highest BCUT2D eigenvalue weighted by atomic mass is 127. The molecule has 1 heterocycles. The number of nitrogens with zero attached hydrogens (tertiary/aromatic N) is 1. The molecule has 0 unspecified atom stereocenters. The normalized spacial score (nSPS) is 10.4. The standard InChI is InChI=1S/C8H6F2INO2/c1-14-5-2-4(3-13)6(7(9)10)12-8(5)11/h2-3,7H,1H3. The zero-order valence-corrected chi connectivity index (χ0v) is 9.29. The van der Waals surface area contributed by atoms with Gasteiger partial charge in [-0.3, -0.25) is 4.79 Å². The van der Waals surface area contributed by atoms with Crippen molar-refractivity contribution < 1.29 is 18.3 Å². The van der Waals surface area contributed by atoms with E-state index in [1.165, 1.54) is 13.2 Å². The molecule has 0 aliphatic carbocycles. The van der Waals surface area contributed by atoms with Crippen LogP contribution < -0.4 is 4.74 Å². The van der Waals surface area contributed by atoms with Gasteiger partial charge in [-0.15, -0.1) is 0 Å². The molecule has 0 atom stereocenters. The number of carbonyl (C=O) groups excluding carboxylic acids is 1. The van der Waals surface area contributed by atoms with E-state index >= 15 is 0 Å². The third-order valence-corrected chi connectivity index (χ3v) is 2.33. The highest BCUT2D eigenvalue weighted by Crippen LogP contribution is 2.26. The summed E-state index contributed by atoms with van der Waals surface area (Å²) in [4.78, 5) is 14.1. The predicted molar refractivity (Wildman–Crippen MR) is 53.9 cm³/mol. The minimum Gasteiger partial charge on any atom is -0.494 e. The van der Waals surface area contributed by atoms with Crippen LogP contribution >= 0.6 is 22.6 Å². The summed E-state index contributed by atoms with van der Waals surface area (Å²) in [6.45, 7) is 0. The molecule has 0 amide bonds. The number of pyridine rings is 1. The van der Waals surface area contributed by atoms with Gasteiger partial charge < -0.3 is 4.74 Å². The molecule has 0 spiro atoms. The number of methoxy groups -OCH3 is 1. The first-order chi connectivity index (χ1) is 6.60. The lowest BCUT2D eigenvalue weighted by Gasteiger charge is -2.07. The number of aromatic nitrogens is 1. The summed E-state index contributed by atoms with van der Waals surface area (Å²) in [5, 5.41) is 0. The summed E-state index contributed by atoms with van der Waals surface area (Å²) in [7, 11) is 1.38. The maximum atomic E-state index is 12.4. The van der Waals surface area contributed by atoms with Crippen LogP contribution in [0, 0.1) is 3.70 Å². The second-order valence-corrected chi connectivity index (χ2v) is 3.40. The Morgan fingerprint density at radius 1 is 1.64 bits per heavy atom. The van der Waals surface area contributed by atoms with E-state index in [1.807, 2.05) is 0 Å². The van der Waals surface area contributed by atoms with Gasteiger partial charge in [0.1, 0.15) is 9.39 Å². The van der Waals surface area contributed by atoms with E-state index < -0.39 is 12.1 Å². The van der Waals surface area contributed by atoms with Crippen LogP contribution in [0.1, 0.15) is 22.5 Å². The number of aldehydes is 1. The number of hydrogen-bond donors (Lipinski definition) is 0. The first-order valence-corrected chi connectivity index (χ1v) is 4.65. The van der Waals surface area contributed by atoms with Crippen molar-refractivity contribution in [3.05, 3.63) is 21.0 Å². The summed E-state index contributed by atoms with van der Waals surface area (Å²) < 4.78 is 29.9. The molecular formula is C8H6F2INO2. The molecule has 0 radical (unpaired) electrons. The van der Waals surface area contributed by atoms with Gasteiger partial charge in [-0.25, -0.2) is 13.8 Å². The van der Waals surface area contributed by atoms with Crippen molar-refractivity contribution in [3.63, 3.8) is 0 Å². The van der Waals surface area contributed by atoms with E-state index in [-0.39, 0.29) is 5.56 Å². The first kappa shape index (κ1) is 11.3. The Balaban J connectivity index is 3.31. The molecule has 76 valence electrons. The number of carbonyl (C=O) groups is 1. The molecule has 0 aliphatic rings. The van der Waals surface area contributed by atoms with Crippen molar-refractivity contribution in [1.29, 1.82) is 0 Å². The molecule has 6 heteroatoms. The molecule has 0 fully saturated rings. The number of ether oxygens (including phenoxy) is 1. The molecule has 1 aromatic rings. The molecular weight excluding hydrogens is 307 g/mol. The van der Waals surface area contributed by atoms with Crippen molar-refractivity contribution in [2.45, 2.75) is 6.43 Å². The van der Waals surface area contributed by atoms with E-state index in [0.717, 1.165) is 0 Å². The van der Waals surface area contributed by atoms with E-state index in [1.54, 1.807) is 22.6 Å². The van der Waals surface area contributed by atoms with Crippen LogP contribution in [-0.2, 0) is 0 Å². The van der Waals surface area contributed by atoms with Gasteiger partial charge in [0.25, 0.3) is 6.43 Å². The Morgan fingerprint density at radius 3 is 2.71 bits per heavy atom. The minimum atomic E-state index is -2.75. The molecule has 0 saturated heterocycles. The summed E-state index contributed by atoms with van der Waals surface area (Å²) >= 11 is 1.77. The third-order valence-electron chi connectivity index (χ3n) is 1.56. The zero-order valence-electron chi connectivity index (χ0n) is 7.13. The second-order valence-electron chi connectivity index (χ2n) is 2.37. The molecule has 0 aliphatic heterocycles. The van der Waals surface area contributed by atoms with Gasteiger partial charge in [-0.2, -0.15) is 0 Å². The average Bonchev–Trinajstić information content (AvgIpc) is 2.17. The predicted octanol–water partition coefficient (Wildman–Crippen LogP) is 2.44. The van der Waals surface area contributed by atoms with Crippen LogP contribution in [0.25, 0.3) is 0 Å². The fourth-order valence-electron chi connectivity index (χ4n) is 0.912. The molecule has 0 N–H and O–H groups in total. The smallest absolute Gasteiger partial charge is 0.281 e. The number of hydrogen-bond acceptors (Lipinski definition) is 3. The molecule has 1 rings (SSSR count). The van der Waals surface area contributed by atoms with Crippen LogP contribution in [0.2, 0.25) is 0 Å². The number of halogens is 3. The van der Waals surface area contributed by atoms with Crippen molar-refractivity contribution in [3.8, 4) is 5.75 Å². The van der Waals surface area contributed by atoms with Gasteiger partial charge in [-0.05, 0) is 28.7 Å². The monoisotopic (exact) mass is 313 g/mol. The SMILES string of the molecule is COc1cc(C=O)c(C(F)F)nc1I. The second kappa shape index (κ2) is 4.63. The van der Waals surface area contributed by atoms with E-state index in [9.17, 15) is 13.6 Å². The topological polar surface area (TPSA) is 39.2 Å². The zero-order chi connectivity index (χ0) is 10.7. The summed E-state index contributed by atoms with van der Waals surface area (Å²) in [6.07, 6.45) is -2.41. The quantitative estimate of drug-likeness (QED) is 0.489. The Kier molecular flexibility index (Phi) is 3.73. The van der Waals surface area contributed by atoms with E-state index in [0.29, 0.717) is 15.7 Å². The molecule has 0 aromatic carbocycles. The van der Waals surface area contributed by atoms with Crippen molar-refractivity contribution >= 4 is 28.9 Å². The maximum Gasteiger partial charge on any atom is 0.281 e. The van der Waals surface area contributed by atoms with Crippen LogP contribution in [0.5, 0.6) is 5.75 Å². The fraction of sp³-hybridized carbons (Fsp3) is 0.250. The molecule has 3 nitrogen and oxygen atoms in total. The van der Waals surface area contributed by atoms with Crippen LogP contribution in [0.3, 0.4) is 0 Å². The number of alkyl halides is 2. The van der Waals surface area contributed by atoms with Gasteiger partial charge in [0.05, 0.1) is 7.11 Å². The molecule has 0 bridgehead atoms. The summed E-state index contributed by atoms with van der Waals surface area (Å²) in [5.41, 5.74) is -0.650. The molecule has 1 aromatic heterocycles. The third kappa shape index (κ3) is 2.17. The van der Waals surface area contributed by atoms with E-state index in [4.69, 9.17) is 4.74 Å². The van der Waals surface area contributed by atoms with Crippen molar-refractivity contribution in [2.24, 2.45) is 0 Å².